The van der Waals surface area contributed by atoms with E-state index in [2.05, 4.69) is 80.6 Å². The Morgan fingerprint density at radius 1 is 0.724 bits per heavy atom. The molecule has 152 valence electrons. The first kappa shape index (κ1) is 26.7. The normalized spacial score (nSPS) is 9.17. The Morgan fingerprint density at radius 2 is 1.24 bits per heavy atom. The molecule has 0 radical (unpaired) electrons. The zero-order valence-corrected chi connectivity index (χ0v) is 19.1. The minimum absolute atomic E-state index is 0. The number of rotatable bonds is 4. The molecule has 0 aliphatic rings. The summed E-state index contributed by atoms with van der Waals surface area (Å²) >= 11 is 0. The van der Waals surface area contributed by atoms with E-state index in [4.69, 9.17) is 0 Å². The second-order valence-electron chi connectivity index (χ2n) is 6.34. The minimum atomic E-state index is 0. The smallest absolute Gasteiger partial charge is 0.358 e. The first-order valence-corrected chi connectivity index (χ1v) is 9.44. The van der Waals surface area contributed by atoms with E-state index in [0.717, 1.165) is 12.8 Å². The maximum Gasteiger partial charge on any atom is 4.00 e. The van der Waals surface area contributed by atoms with Gasteiger partial charge in [-0.1, -0.05) is 98.5 Å². The molecule has 0 N–H and O–H groups in total. The van der Waals surface area contributed by atoms with Gasteiger partial charge in [-0.2, -0.15) is 46.5 Å². The molecular weight excluding hydrogens is 392 g/mol. The van der Waals surface area contributed by atoms with Crippen molar-refractivity contribution in [3.05, 3.63) is 123 Å². The molecular formula is C28H32Fe. The van der Waals surface area contributed by atoms with Gasteiger partial charge in [0.2, 0.25) is 0 Å². The maximum absolute atomic E-state index is 2.39. The van der Waals surface area contributed by atoms with Crippen molar-refractivity contribution in [2.45, 2.75) is 26.7 Å². The van der Waals surface area contributed by atoms with Crippen molar-refractivity contribution in [1.82, 2.24) is 0 Å². The average molecular weight is 424 g/mol. The molecule has 0 amide bonds. The van der Waals surface area contributed by atoms with Crippen LogP contribution >= 0.6 is 0 Å². The SMILES string of the molecule is CCc1c(-c2ccccc2)c(-c2ccccc2)c[c-]1CC.[CH3-].[CH3-].[Fe+4].c1cc[cH-]c1. The van der Waals surface area contributed by atoms with Crippen molar-refractivity contribution in [3.63, 3.8) is 0 Å². The van der Waals surface area contributed by atoms with Crippen LogP contribution in [0.15, 0.2) is 97.1 Å². The van der Waals surface area contributed by atoms with Crippen molar-refractivity contribution in [2.75, 3.05) is 0 Å². The number of hydrogen-bond acceptors (Lipinski definition) is 0. The molecule has 29 heavy (non-hydrogen) atoms. The molecule has 0 fully saturated rings. The maximum atomic E-state index is 2.39. The van der Waals surface area contributed by atoms with Crippen LogP contribution in [-0.4, -0.2) is 0 Å². The van der Waals surface area contributed by atoms with Crippen molar-refractivity contribution in [2.24, 2.45) is 0 Å². The molecule has 0 aliphatic carbocycles. The molecule has 0 saturated heterocycles. The molecule has 0 saturated carbocycles. The van der Waals surface area contributed by atoms with Crippen LogP contribution in [0.5, 0.6) is 0 Å². The van der Waals surface area contributed by atoms with E-state index in [1.165, 1.54) is 33.4 Å². The van der Waals surface area contributed by atoms with Gasteiger partial charge in [0.15, 0.2) is 0 Å². The van der Waals surface area contributed by atoms with Gasteiger partial charge in [-0.25, -0.2) is 12.1 Å². The van der Waals surface area contributed by atoms with Crippen LogP contribution in [0.3, 0.4) is 0 Å². The summed E-state index contributed by atoms with van der Waals surface area (Å²) in [6.45, 7) is 4.51. The molecule has 0 nitrogen and oxygen atoms in total. The first-order chi connectivity index (χ1) is 12.8. The Labute approximate surface area is 188 Å². The van der Waals surface area contributed by atoms with Crippen LogP contribution in [0.1, 0.15) is 25.0 Å². The molecule has 0 aromatic heterocycles. The van der Waals surface area contributed by atoms with E-state index < -0.39 is 0 Å². The van der Waals surface area contributed by atoms with Crippen molar-refractivity contribution >= 4 is 0 Å². The Kier molecular flexibility index (Phi) is 12.7. The number of hydrogen-bond donors (Lipinski definition) is 0. The van der Waals surface area contributed by atoms with Crippen LogP contribution < -0.4 is 0 Å². The van der Waals surface area contributed by atoms with Crippen molar-refractivity contribution in [1.29, 1.82) is 0 Å². The van der Waals surface area contributed by atoms with E-state index >= 15 is 0 Å². The fourth-order valence-corrected chi connectivity index (χ4v) is 3.48. The Balaban J connectivity index is 0.000000863. The second-order valence-corrected chi connectivity index (χ2v) is 6.34. The predicted molar refractivity (Wildman–Crippen MR) is 127 cm³/mol. The van der Waals surface area contributed by atoms with Gasteiger partial charge in [0, 0.05) is 0 Å². The van der Waals surface area contributed by atoms with Gasteiger partial charge >= 0.3 is 17.1 Å². The summed E-state index contributed by atoms with van der Waals surface area (Å²) in [5, 5.41) is 0. The summed E-state index contributed by atoms with van der Waals surface area (Å²) in [6.07, 6.45) is 2.18. The van der Waals surface area contributed by atoms with Gasteiger partial charge in [0.05, 0.1) is 0 Å². The fourth-order valence-electron chi connectivity index (χ4n) is 3.48. The summed E-state index contributed by atoms with van der Waals surface area (Å²) < 4.78 is 0. The third-order valence-corrected chi connectivity index (χ3v) is 4.71. The average Bonchev–Trinajstić information content (AvgIpc) is 3.40. The first-order valence-electron chi connectivity index (χ1n) is 9.44. The number of benzene rings is 2. The molecule has 0 atom stereocenters. The molecule has 0 heterocycles. The molecule has 0 spiro atoms. The van der Waals surface area contributed by atoms with E-state index in [9.17, 15) is 0 Å². The quantitative estimate of drug-likeness (QED) is 0.229. The van der Waals surface area contributed by atoms with Crippen LogP contribution in [0.25, 0.3) is 22.3 Å². The largest absolute Gasteiger partial charge is 4.00 e. The second kappa shape index (κ2) is 13.8. The van der Waals surface area contributed by atoms with E-state index in [-0.39, 0.29) is 31.9 Å². The molecule has 4 rings (SSSR count). The van der Waals surface area contributed by atoms with Crippen LogP contribution in [0.2, 0.25) is 0 Å². The van der Waals surface area contributed by atoms with Gasteiger partial charge in [0.25, 0.3) is 0 Å². The van der Waals surface area contributed by atoms with Crippen molar-refractivity contribution < 1.29 is 17.1 Å². The molecule has 0 bridgehead atoms. The molecule has 0 aliphatic heterocycles. The zero-order chi connectivity index (χ0) is 18.2. The summed E-state index contributed by atoms with van der Waals surface area (Å²) in [7, 11) is 0. The summed E-state index contributed by atoms with van der Waals surface area (Å²) in [4.78, 5) is 0. The van der Waals surface area contributed by atoms with E-state index in [0.29, 0.717) is 0 Å². The third kappa shape index (κ3) is 6.60. The Hall–Kier alpha value is -2.34. The summed E-state index contributed by atoms with van der Waals surface area (Å²) in [6, 6.07) is 33.9. The standard InChI is InChI=1S/C21H21.C5H5.2CH3.Fe/c1-3-16-15-20(17-11-7-5-8-12-17)21(19(16)4-2)18-13-9-6-10-14-18;1-2-4-5-3-1;;;/h5-15H,3-4H2,1-2H3;1-5H;2*1H3;/q4*-1;+4. The fraction of sp³-hybridized carbons (Fsp3) is 0.143. The van der Waals surface area contributed by atoms with Crippen molar-refractivity contribution in [3.8, 4) is 22.3 Å². The van der Waals surface area contributed by atoms with Crippen LogP contribution in [-0.2, 0) is 29.9 Å². The van der Waals surface area contributed by atoms with E-state index in [1.807, 2.05) is 30.3 Å². The molecule has 4 aromatic carbocycles. The topological polar surface area (TPSA) is 0 Å². The summed E-state index contributed by atoms with van der Waals surface area (Å²) in [5.41, 5.74) is 8.41. The van der Waals surface area contributed by atoms with Crippen LogP contribution in [0, 0.1) is 14.9 Å². The predicted octanol–water partition coefficient (Wildman–Crippen LogP) is 8.17. The molecule has 4 aromatic rings. The summed E-state index contributed by atoms with van der Waals surface area (Å²) in [5.74, 6) is 0. The van der Waals surface area contributed by atoms with Gasteiger partial charge in [0.1, 0.15) is 0 Å². The Morgan fingerprint density at radius 3 is 1.66 bits per heavy atom. The van der Waals surface area contributed by atoms with E-state index in [1.54, 1.807) is 0 Å². The third-order valence-electron chi connectivity index (χ3n) is 4.71. The van der Waals surface area contributed by atoms with Gasteiger partial charge < -0.3 is 14.9 Å². The van der Waals surface area contributed by atoms with Gasteiger partial charge in [-0.05, 0) is 0 Å². The van der Waals surface area contributed by atoms with Gasteiger partial charge in [-0.3, -0.25) is 0 Å². The monoisotopic (exact) mass is 424 g/mol. The zero-order valence-electron chi connectivity index (χ0n) is 18.0. The Bertz CT molecular complexity index is 867. The molecule has 0 unspecified atom stereocenters. The molecule has 1 heteroatoms. The minimum Gasteiger partial charge on any atom is -0.358 e. The van der Waals surface area contributed by atoms with Crippen LogP contribution in [0.4, 0.5) is 0 Å². The number of aryl methyl sites for hydroxylation is 1. The van der Waals surface area contributed by atoms with Gasteiger partial charge in [-0.15, -0.1) is 0 Å².